The quantitative estimate of drug-likeness (QED) is 0.646. The lowest BCUT2D eigenvalue weighted by atomic mass is 9.71. The topological polar surface area (TPSA) is 23.8 Å². The third-order valence-electron chi connectivity index (χ3n) is 3.08. The van der Waals surface area contributed by atoms with Crippen LogP contribution in [0.5, 0.6) is 0 Å². The molecule has 0 radical (unpaired) electrons. The van der Waals surface area contributed by atoms with Crippen LogP contribution in [-0.4, -0.2) is 0 Å². The monoisotopic (exact) mass is 225 g/mol. The van der Waals surface area contributed by atoms with Gasteiger partial charge in [-0.1, -0.05) is 20.8 Å². The Morgan fingerprint density at radius 2 is 1.75 bits per heavy atom. The summed E-state index contributed by atoms with van der Waals surface area (Å²) in [7, 11) is 0. The third-order valence-corrected chi connectivity index (χ3v) is 3.08. The standard InChI is InChI=1S/C14H24FN/c1-7-8-12(15)11(2)14(5,6)9-13(3,4)10-16/h7-9H2,1-6H3/b12-11-. The van der Waals surface area contributed by atoms with Gasteiger partial charge in [-0.2, -0.15) is 5.26 Å². The largest absolute Gasteiger partial charge is 0.212 e. The summed E-state index contributed by atoms with van der Waals surface area (Å²) in [4.78, 5) is 0. The van der Waals surface area contributed by atoms with E-state index in [1.807, 2.05) is 41.5 Å². The second-order valence-electron chi connectivity index (χ2n) is 5.84. The van der Waals surface area contributed by atoms with Gasteiger partial charge in [-0.15, -0.1) is 0 Å². The van der Waals surface area contributed by atoms with Gasteiger partial charge in [0.25, 0.3) is 0 Å². The van der Waals surface area contributed by atoms with E-state index in [1.54, 1.807) is 0 Å². The maximum atomic E-state index is 13.8. The van der Waals surface area contributed by atoms with Crippen LogP contribution < -0.4 is 0 Å². The van der Waals surface area contributed by atoms with Crippen molar-refractivity contribution in [1.82, 2.24) is 0 Å². The molecule has 16 heavy (non-hydrogen) atoms. The van der Waals surface area contributed by atoms with Crippen LogP contribution in [-0.2, 0) is 0 Å². The maximum absolute atomic E-state index is 13.8. The number of rotatable bonds is 5. The number of nitrogens with zero attached hydrogens (tertiary/aromatic N) is 1. The molecule has 0 aromatic heterocycles. The Morgan fingerprint density at radius 1 is 1.25 bits per heavy atom. The molecule has 0 aliphatic carbocycles. The Labute approximate surface area is 99.4 Å². The minimum absolute atomic E-state index is 0.0127. The molecule has 0 rings (SSSR count). The molecule has 0 heterocycles. The normalized spacial score (nSPS) is 14.4. The van der Waals surface area contributed by atoms with Crippen molar-refractivity contribution in [2.24, 2.45) is 10.8 Å². The summed E-state index contributed by atoms with van der Waals surface area (Å²) in [6.45, 7) is 11.6. The van der Waals surface area contributed by atoms with Crippen LogP contribution in [0.3, 0.4) is 0 Å². The second-order valence-corrected chi connectivity index (χ2v) is 5.84. The third kappa shape index (κ3) is 4.35. The van der Waals surface area contributed by atoms with Gasteiger partial charge in [0.05, 0.1) is 17.3 Å². The highest BCUT2D eigenvalue weighted by Crippen LogP contribution is 2.40. The zero-order valence-corrected chi connectivity index (χ0v) is 11.4. The molecule has 0 atom stereocenters. The van der Waals surface area contributed by atoms with Crippen molar-refractivity contribution >= 4 is 0 Å². The van der Waals surface area contributed by atoms with E-state index < -0.39 is 5.41 Å². The Balaban J connectivity index is 4.94. The first-order valence-corrected chi connectivity index (χ1v) is 5.93. The number of hydrogen-bond donors (Lipinski definition) is 0. The average Bonchev–Trinajstić information content (AvgIpc) is 2.15. The molecule has 0 aliphatic heterocycles. The van der Waals surface area contributed by atoms with Gasteiger partial charge in [-0.05, 0) is 51.0 Å². The molecule has 1 nitrogen and oxygen atoms in total. The Hall–Kier alpha value is -0.840. The van der Waals surface area contributed by atoms with E-state index in [0.717, 1.165) is 12.0 Å². The Kier molecular flexibility index (Phi) is 5.19. The van der Waals surface area contributed by atoms with E-state index in [2.05, 4.69) is 6.07 Å². The van der Waals surface area contributed by atoms with E-state index in [4.69, 9.17) is 5.26 Å². The minimum Gasteiger partial charge on any atom is -0.212 e. The molecule has 0 spiro atoms. The van der Waals surface area contributed by atoms with Crippen molar-refractivity contribution in [3.63, 3.8) is 0 Å². The van der Waals surface area contributed by atoms with Crippen molar-refractivity contribution in [3.8, 4) is 6.07 Å². The van der Waals surface area contributed by atoms with Crippen LogP contribution >= 0.6 is 0 Å². The van der Waals surface area contributed by atoms with Crippen LogP contribution in [0.2, 0.25) is 0 Å². The summed E-state index contributed by atoms with van der Waals surface area (Å²) in [6, 6.07) is 2.28. The van der Waals surface area contributed by atoms with Gasteiger partial charge >= 0.3 is 0 Å². The lowest BCUT2D eigenvalue weighted by Crippen LogP contribution is -2.23. The highest BCUT2D eigenvalue weighted by Gasteiger charge is 2.31. The Morgan fingerprint density at radius 3 is 2.12 bits per heavy atom. The van der Waals surface area contributed by atoms with Crippen LogP contribution in [0, 0.1) is 22.2 Å². The van der Waals surface area contributed by atoms with Gasteiger partial charge in [0.15, 0.2) is 0 Å². The summed E-state index contributed by atoms with van der Waals surface area (Å²) in [5.41, 5.74) is 0.133. The lowest BCUT2D eigenvalue weighted by molar-refractivity contribution is 0.280. The lowest BCUT2D eigenvalue weighted by Gasteiger charge is -2.32. The molecule has 2 heteroatoms. The molecule has 0 amide bonds. The van der Waals surface area contributed by atoms with E-state index in [9.17, 15) is 4.39 Å². The van der Waals surface area contributed by atoms with Gasteiger partial charge in [0.1, 0.15) is 0 Å². The zero-order chi connectivity index (χ0) is 13.0. The number of halogens is 1. The summed E-state index contributed by atoms with van der Waals surface area (Å²) in [5, 5.41) is 9.02. The molecule has 0 saturated heterocycles. The van der Waals surface area contributed by atoms with Gasteiger partial charge < -0.3 is 0 Å². The smallest absolute Gasteiger partial charge is 0.0994 e. The molecule has 0 unspecified atom stereocenters. The number of hydrogen-bond acceptors (Lipinski definition) is 1. The van der Waals surface area contributed by atoms with Crippen LogP contribution in [0.15, 0.2) is 11.4 Å². The zero-order valence-electron chi connectivity index (χ0n) is 11.4. The van der Waals surface area contributed by atoms with E-state index in [-0.39, 0.29) is 11.2 Å². The van der Waals surface area contributed by atoms with Crippen LogP contribution in [0.1, 0.15) is 60.8 Å². The number of allylic oxidation sites excluding steroid dienone is 2. The first kappa shape index (κ1) is 15.2. The molecule has 0 bridgehead atoms. The molecule has 0 aromatic carbocycles. The molecule has 0 fully saturated rings. The van der Waals surface area contributed by atoms with E-state index in [0.29, 0.717) is 12.8 Å². The second kappa shape index (κ2) is 5.48. The maximum Gasteiger partial charge on any atom is 0.0994 e. The Bertz CT molecular complexity index is 305. The summed E-state index contributed by atoms with van der Waals surface area (Å²) in [5.74, 6) is -0.0127. The van der Waals surface area contributed by atoms with Crippen molar-refractivity contribution in [2.45, 2.75) is 60.8 Å². The summed E-state index contributed by atoms with van der Waals surface area (Å²) >= 11 is 0. The van der Waals surface area contributed by atoms with Crippen molar-refractivity contribution in [1.29, 1.82) is 5.26 Å². The van der Waals surface area contributed by atoms with Gasteiger partial charge in [-0.25, -0.2) is 4.39 Å². The predicted molar refractivity (Wildman–Crippen MR) is 66.5 cm³/mol. The van der Waals surface area contributed by atoms with Gasteiger partial charge in [-0.3, -0.25) is 0 Å². The number of nitriles is 1. The van der Waals surface area contributed by atoms with E-state index in [1.165, 1.54) is 0 Å². The van der Waals surface area contributed by atoms with Crippen LogP contribution in [0.25, 0.3) is 0 Å². The molecule has 0 aliphatic rings. The van der Waals surface area contributed by atoms with Gasteiger partial charge in [0.2, 0.25) is 0 Å². The molecule has 0 saturated carbocycles. The van der Waals surface area contributed by atoms with Crippen LogP contribution in [0.4, 0.5) is 4.39 Å². The van der Waals surface area contributed by atoms with E-state index >= 15 is 0 Å². The fraction of sp³-hybridized carbons (Fsp3) is 0.786. The molecule has 0 N–H and O–H groups in total. The fourth-order valence-electron chi connectivity index (χ4n) is 2.05. The SMILES string of the molecule is CCC/C(F)=C(\C)C(C)(C)CC(C)(C)C#N. The molecular formula is C14H24FN. The first-order valence-electron chi connectivity index (χ1n) is 5.93. The molecular weight excluding hydrogens is 201 g/mol. The average molecular weight is 225 g/mol. The van der Waals surface area contributed by atoms with Crippen molar-refractivity contribution in [2.75, 3.05) is 0 Å². The molecule has 92 valence electrons. The summed E-state index contributed by atoms with van der Waals surface area (Å²) < 4.78 is 13.8. The van der Waals surface area contributed by atoms with Crippen molar-refractivity contribution in [3.05, 3.63) is 11.4 Å². The van der Waals surface area contributed by atoms with Gasteiger partial charge in [0, 0.05) is 0 Å². The first-order chi connectivity index (χ1) is 7.16. The highest BCUT2D eigenvalue weighted by molar-refractivity contribution is 5.16. The molecule has 0 aromatic rings. The highest BCUT2D eigenvalue weighted by atomic mass is 19.1. The van der Waals surface area contributed by atoms with Crippen molar-refractivity contribution < 1.29 is 4.39 Å². The summed E-state index contributed by atoms with van der Waals surface area (Å²) in [6.07, 6.45) is 2.00. The minimum atomic E-state index is -0.406. The predicted octanol–water partition coefficient (Wildman–Crippen LogP) is 5.00. The fourth-order valence-corrected chi connectivity index (χ4v) is 2.05.